The van der Waals surface area contributed by atoms with Crippen LogP contribution in [0.1, 0.15) is 24.8 Å². The fourth-order valence-electron chi connectivity index (χ4n) is 1.92. The van der Waals surface area contributed by atoms with Crippen LogP contribution in [-0.4, -0.2) is 19.8 Å². The van der Waals surface area contributed by atoms with Crippen LogP contribution in [0.2, 0.25) is 0 Å². The van der Waals surface area contributed by atoms with Crippen molar-refractivity contribution in [3.63, 3.8) is 0 Å². The monoisotopic (exact) mass is 291 g/mol. The van der Waals surface area contributed by atoms with Crippen molar-refractivity contribution in [2.75, 3.05) is 19.8 Å². The second kappa shape index (κ2) is 7.92. The Bertz CT molecular complexity index is 499. The molecule has 1 aromatic carbocycles. The summed E-state index contributed by atoms with van der Waals surface area (Å²) >= 11 is 1.77. The molecule has 0 aliphatic heterocycles. The van der Waals surface area contributed by atoms with Gasteiger partial charge in [-0.3, -0.25) is 0 Å². The fourth-order valence-corrected chi connectivity index (χ4v) is 2.68. The largest absolute Gasteiger partial charge is 0.490 e. The molecule has 0 amide bonds. The highest BCUT2D eigenvalue weighted by Gasteiger charge is 2.06. The van der Waals surface area contributed by atoms with Gasteiger partial charge in [-0.2, -0.15) is 0 Å². The van der Waals surface area contributed by atoms with Gasteiger partial charge in [0.2, 0.25) is 0 Å². The summed E-state index contributed by atoms with van der Waals surface area (Å²) < 4.78 is 11.3. The molecule has 3 nitrogen and oxygen atoms in total. The Hall–Kier alpha value is -1.52. The minimum Gasteiger partial charge on any atom is -0.490 e. The SMILES string of the molecule is CCOc1ccccc1OCCNC(C)c1cccs1. The van der Waals surface area contributed by atoms with Crippen LogP contribution < -0.4 is 14.8 Å². The fraction of sp³-hybridized carbons (Fsp3) is 0.375. The van der Waals surface area contributed by atoms with Crippen LogP contribution in [0.4, 0.5) is 0 Å². The lowest BCUT2D eigenvalue weighted by atomic mass is 10.3. The van der Waals surface area contributed by atoms with Gasteiger partial charge in [-0.15, -0.1) is 11.3 Å². The van der Waals surface area contributed by atoms with Crippen LogP contribution in [0.5, 0.6) is 11.5 Å². The Morgan fingerprint density at radius 3 is 2.50 bits per heavy atom. The molecule has 108 valence electrons. The molecule has 1 heterocycles. The van der Waals surface area contributed by atoms with Crippen molar-refractivity contribution in [2.24, 2.45) is 0 Å². The van der Waals surface area contributed by atoms with Crippen LogP contribution in [-0.2, 0) is 0 Å². The van der Waals surface area contributed by atoms with E-state index in [0.29, 0.717) is 19.3 Å². The summed E-state index contributed by atoms with van der Waals surface area (Å²) in [7, 11) is 0. The Balaban J connectivity index is 1.76. The van der Waals surface area contributed by atoms with Crippen LogP contribution >= 0.6 is 11.3 Å². The number of para-hydroxylation sites is 2. The van der Waals surface area contributed by atoms with Gasteiger partial charge in [-0.25, -0.2) is 0 Å². The highest BCUT2D eigenvalue weighted by molar-refractivity contribution is 7.10. The molecular weight excluding hydrogens is 270 g/mol. The lowest BCUT2D eigenvalue weighted by molar-refractivity contribution is 0.273. The van der Waals surface area contributed by atoms with Gasteiger partial charge in [0.05, 0.1) is 6.61 Å². The highest BCUT2D eigenvalue weighted by atomic mass is 32.1. The van der Waals surface area contributed by atoms with E-state index in [1.54, 1.807) is 11.3 Å². The molecule has 20 heavy (non-hydrogen) atoms. The lowest BCUT2D eigenvalue weighted by Crippen LogP contribution is -2.23. The van der Waals surface area contributed by atoms with Gasteiger partial charge in [-0.1, -0.05) is 18.2 Å². The first-order valence-electron chi connectivity index (χ1n) is 6.92. The van der Waals surface area contributed by atoms with Gasteiger partial charge in [-0.05, 0) is 37.4 Å². The van der Waals surface area contributed by atoms with Crippen LogP contribution in [0.15, 0.2) is 41.8 Å². The summed E-state index contributed by atoms with van der Waals surface area (Å²) in [5, 5.41) is 5.55. The molecule has 0 fully saturated rings. The molecule has 0 saturated carbocycles. The zero-order valence-corrected chi connectivity index (χ0v) is 12.8. The van der Waals surface area contributed by atoms with E-state index in [9.17, 15) is 0 Å². The van der Waals surface area contributed by atoms with Gasteiger partial charge < -0.3 is 14.8 Å². The third-order valence-electron chi connectivity index (χ3n) is 2.93. The number of benzene rings is 1. The quantitative estimate of drug-likeness (QED) is 0.749. The van der Waals surface area contributed by atoms with Gasteiger partial charge >= 0.3 is 0 Å². The molecule has 0 aliphatic carbocycles. The maximum absolute atomic E-state index is 5.77. The van der Waals surface area contributed by atoms with E-state index in [-0.39, 0.29) is 0 Å². The third-order valence-corrected chi connectivity index (χ3v) is 3.98. The van der Waals surface area contributed by atoms with E-state index < -0.39 is 0 Å². The molecule has 1 atom stereocenters. The second-order valence-corrected chi connectivity index (χ2v) is 5.40. The van der Waals surface area contributed by atoms with Crippen molar-refractivity contribution in [1.29, 1.82) is 0 Å². The zero-order chi connectivity index (χ0) is 14.2. The molecule has 0 saturated heterocycles. The minimum absolute atomic E-state index is 0.362. The molecule has 1 aromatic heterocycles. The second-order valence-electron chi connectivity index (χ2n) is 4.42. The molecule has 0 spiro atoms. The number of thiophene rings is 1. The van der Waals surface area contributed by atoms with Crippen molar-refractivity contribution in [1.82, 2.24) is 5.32 Å². The summed E-state index contributed by atoms with van der Waals surface area (Å²) in [5.74, 6) is 1.61. The topological polar surface area (TPSA) is 30.5 Å². The zero-order valence-electron chi connectivity index (χ0n) is 12.0. The minimum atomic E-state index is 0.362. The van der Waals surface area contributed by atoms with Crippen LogP contribution in [0.3, 0.4) is 0 Å². The molecule has 1 N–H and O–H groups in total. The first kappa shape index (κ1) is 14.9. The number of hydrogen-bond donors (Lipinski definition) is 1. The lowest BCUT2D eigenvalue weighted by Gasteiger charge is -2.14. The van der Waals surface area contributed by atoms with E-state index in [4.69, 9.17) is 9.47 Å². The summed E-state index contributed by atoms with van der Waals surface area (Å²) in [6.07, 6.45) is 0. The number of rotatable bonds is 8. The highest BCUT2D eigenvalue weighted by Crippen LogP contribution is 2.26. The molecule has 1 unspecified atom stereocenters. The van der Waals surface area contributed by atoms with E-state index >= 15 is 0 Å². The van der Waals surface area contributed by atoms with E-state index in [1.165, 1.54) is 4.88 Å². The standard InChI is InChI=1S/C16H21NO2S/c1-3-18-14-7-4-5-8-15(14)19-11-10-17-13(2)16-9-6-12-20-16/h4-9,12-13,17H,3,10-11H2,1-2H3. The maximum atomic E-state index is 5.77. The third kappa shape index (κ3) is 4.25. The van der Waals surface area contributed by atoms with Gasteiger partial charge in [0, 0.05) is 17.5 Å². The molecule has 2 rings (SSSR count). The van der Waals surface area contributed by atoms with Gasteiger partial charge in [0.1, 0.15) is 6.61 Å². The molecular formula is C16H21NO2S. The van der Waals surface area contributed by atoms with Crippen LogP contribution in [0.25, 0.3) is 0 Å². The van der Waals surface area contributed by atoms with E-state index in [0.717, 1.165) is 18.0 Å². The summed E-state index contributed by atoms with van der Waals surface area (Å²) in [4.78, 5) is 1.35. The maximum Gasteiger partial charge on any atom is 0.161 e. The molecule has 0 radical (unpaired) electrons. The molecule has 4 heteroatoms. The van der Waals surface area contributed by atoms with Crippen LogP contribution in [0, 0.1) is 0 Å². The number of ether oxygens (including phenoxy) is 2. The average molecular weight is 291 g/mol. The number of hydrogen-bond acceptors (Lipinski definition) is 4. The van der Waals surface area contributed by atoms with Gasteiger partial charge in [0.15, 0.2) is 11.5 Å². The Morgan fingerprint density at radius 2 is 1.85 bits per heavy atom. The first-order valence-corrected chi connectivity index (χ1v) is 7.80. The first-order chi connectivity index (χ1) is 9.81. The molecule has 0 bridgehead atoms. The Morgan fingerprint density at radius 1 is 1.10 bits per heavy atom. The van der Waals surface area contributed by atoms with Crippen molar-refractivity contribution in [2.45, 2.75) is 19.9 Å². The van der Waals surface area contributed by atoms with Gasteiger partial charge in [0.25, 0.3) is 0 Å². The van der Waals surface area contributed by atoms with Crippen molar-refractivity contribution in [3.8, 4) is 11.5 Å². The average Bonchev–Trinajstić information content (AvgIpc) is 2.99. The molecule has 0 aliphatic rings. The van der Waals surface area contributed by atoms with Crippen molar-refractivity contribution < 1.29 is 9.47 Å². The molecule has 2 aromatic rings. The smallest absolute Gasteiger partial charge is 0.161 e. The summed E-state index contributed by atoms with van der Waals surface area (Å²) in [6, 6.07) is 12.4. The Kier molecular flexibility index (Phi) is 5.89. The number of nitrogens with one attached hydrogen (secondary N) is 1. The summed E-state index contributed by atoms with van der Waals surface area (Å²) in [6.45, 7) is 6.22. The van der Waals surface area contributed by atoms with Crippen molar-refractivity contribution >= 4 is 11.3 Å². The van der Waals surface area contributed by atoms with E-state index in [2.05, 4.69) is 29.8 Å². The van der Waals surface area contributed by atoms with E-state index in [1.807, 2.05) is 31.2 Å². The Labute approximate surface area is 124 Å². The summed E-state index contributed by atoms with van der Waals surface area (Å²) in [5.41, 5.74) is 0. The predicted molar refractivity (Wildman–Crippen MR) is 83.8 cm³/mol. The van der Waals surface area contributed by atoms with Crippen molar-refractivity contribution in [3.05, 3.63) is 46.7 Å². The normalized spacial score (nSPS) is 12.1. The predicted octanol–water partition coefficient (Wildman–Crippen LogP) is 3.88.